The topological polar surface area (TPSA) is 182 Å². The zero-order chi connectivity index (χ0) is 63.5. The highest BCUT2D eigenvalue weighted by atomic mass is 32.1. The van der Waals surface area contributed by atoms with E-state index in [9.17, 15) is 10.2 Å². The monoisotopic (exact) mass is 1250 g/mol. The molecule has 8 aromatic rings. The van der Waals surface area contributed by atoms with E-state index < -0.39 is 0 Å². The quantitative estimate of drug-likeness (QED) is 0.0142. The summed E-state index contributed by atoms with van der Waals surface area (Å²) in [5.41, 5.74) is 10.7. The van der Waals surface area contributed by atoms with Gasteiger partial charge < -0.3 is 62.9 Å². The molecule has 0 saturated carbocycles. The van der Waals surface area contributed by atoms with Crippen molar-refractivity contribution in [2.45, 2.75) is 57.9 Å². The smallest absolute Gasteiger partial charge is 0.127 e. The number of unbranched alkanes of at least 4 members (excludes halogenated alkanes) is 2. The van der Waals surface area contributed by atoms with Crippen molar-refractivity contribution < 1.29 is 57.6 Å². The minimum atomic E-state index is 0.0569. The van der Waals surface area contributed by atoms with E-state index >= 15 is 0 Å². The van der Waals surface area contributed by atoms with Crippen LogP contribution in [-0.2, 0) is 32.2 Å². The highest BCUT2D eigenvalue weighted by molar-refractivity contribution is 7.80. The number of aromatic hydroxyl groups is 2. The number of phenolic OH excluding ortho intramolecular Hbond substituents is 2. The molecule has 0 heterocycles. The summed E-state index contributed by atoms with van der Waals surface area (Å²) in [5.74, 6) is 7.77. The second kappa shape index (κ2) is 31.9. The Balaban J connectivity index is 1.32. The van der Waals surface area contributed by atoms with Gasteiger partial charge in [0.1, 0.15) is 69.0 Å². The van der Waals surface area contributed by atoms with Gasteiger partial charge in [0.25, 0.3) is 0 Å². The molecule has 9 rings (SSSR count). The molecule has 0 unspecified atom stereocenters. The first kappa shape index (κ1) is 65.3. The average molecular weight is 1260 g/mol. The summed E-state index contributed by atoms with van der Waals surface area (Å²) in [6, 6.07) is 37.9. The standard InChI is InChI=1S/C72H78N4O12S2/c1-79-61-13-17-65(83-5)53(37-61)41-73-57-29-45-25-49-33-59(75-43-55-39-63(81-3)15-19-67(55)85-7)35-51(71(49)87-21-9-11-23-89)27-47-31-58(74-42-54-38-62(80-2)14-18-66(54)84-6)32-48(70(47)78)28-52-36-60(76-44-56-40-64(82-4)16-20-68(56)86-8)34-50(26-46(30-57)69(45)77)72(52)88-22-10-12-24-90/h13-20,29-41,43-44,74,77-78,89-90H,9-12,21-28,42H2,1-8H3. The Labute approximate surface area is 538 Å². The van der Waals surface area contributed by atoms with Crippen molar-refractivity contribution in [2.75, 3.05) is 86.9 Å². The number of aliphatic imine (C=N–C) groups is 3. The Morgan fingerprint density at radius 3 is 1.04 bits per heavy atom. The number of methoxy groups -OCH3 is 8. The molecule has 90 heavy (non-hydrogen) atoms. The number of ether oxygens (including phenoxy) is 10. The van der Waals surface area contributed by atoms with Crippen LogP contribution in [-0.4, -0.2) is 110 Å². The van der Waals surface area contributed by atoms with E-state index in [4.69, 9.17) is 62.3 Å². The van der Waals surface area contributed by atoms with Gasteiger partial charge in [-0.15, -0.1) is 0 Å². The van der Waals surface area contributed by atoms with Gasteiger partial charge in [-0.1, -0.05) is 0 Å². The van der Waals surface area contributed by atoms with Crippen LogP contribution in [0.1, 0.15) is 92.4 Å². The maximum atomic E-state index is 13.0. The van der Waals surface area contributed by atoms with Crippen molar-refractivity contribution >= 4 is 66.7 Å². The lowest BCUT2D eigenvalue weighted by molar-refractivity contribution is 0.304. The van der Waals surface area contributed by atoms with Crippen molar-refractivity contribution in [3.8, 4) is 69.0 Å². The van der Waals surface area contributed by atoms with Crippen molar-refractivity contribution in [3.63, 3.8) is 0 Å². The number of rotatable bonds is 27. The van der Waals surface area contributed by atoms with Crippen LogP contribution in [0.15, 0.2) is 136 Å². The predicted octanol–water partition coefficient (Wildman–Crippen LogP) is 14.9. The highest BCUT2D eigenvalue weighted by Crippen LogP contribution is 2.44. The van der Waals surface area contributed by atoms with Crippen LogP contribution in [0.25, 0.3) is 0 Å². The second-order valence-corrected chi connectivity index (χ2v) is 22.2. The van der Waals surface area contributed by atoms with Gasteiger partial charge >= 0.3 is 0 Å². The molecule has 1 aliphatic carbocycles. The molecule has 470 valence electrons. The van der Waals surface area contributed by atoms with Gasteiger partial charge in [0.05, 0.1) is 87.2 Å². The molecule has 0 aromatic heterocycles. The maximum Gasteiger partial charge on any atom is 0.127 e. The van der Waals surface area contributed by atoms with Gasteiger partial charge in [-0.2, -0.15) is 25.3 Å². The summed E-state index contributed by atoms with van der Waals surface area (Å²) in [6.45, 7) is 1.10. The minimum absolute atomic E-state index is 0.0569. The van der Waals surface area contributed by atoms with Crippen molar-refractivity contribution in [1.29, 1.82) is 0 Å². The second-order valence-electron chi connectivity index (χ2n) is 21.3. The molecule has 0 atom stereocenters. The number of fused-ring (bicyclic) bond motifs is 8. The van der Waals surface area contributed by atoms with Crippen LogP contribution >= 0.6 is 25.3 Å². The molecule has 0 aliphatic heterocycles. The SMILES string of the molecule is COc1ccc(OC)c(C=Nc2cc3c(O)c(c2)Cc2cc(N=Cc4cc(OC)ccc4OC)cc(c2OCCCCS)Cc2cc(NCc4cc(OC)ccc4OC)cc(c2O)Cc2cc(N=Cc4cc(OC)ccc4OC)cc(c2OCCCCS)C3)c1. The van der Waals surface area contributed by atoms with E-state index in [-0.39, 0.29) is 37.2 Å². The first-order valence-corrected chi connectivity index (χ1v) is 30.9. The fraction of sp³-hybridized carbons (Fsp3) is 0.292. The van der Waals surface area contributed by atoms with Gasteiger partial charge in [-0.25, -0.2) is 0 Å². The number of thiol groups is 2. The van der Waals surface area contributed by atoms with Crippen LogP contribution in [0, 0.1) is 0 Å². The lowest BCUT2D eigenvalue weighted by atomic mass is 9.90. The Morgan fingerprint density at radius 2 is 0.711 bits per heavy atom. The zero-order valence-corrected chi connectivity index (χ0v) is 54.0. The molecule has 16 nitrogen and oxygen atoms in total. The third-order valence-electron chi connectivity index (χ3n) is 15.4. The summed E-state index contributed by atoms with van der Waals surface area (Å²) < 4.78 is 59.6. The Kier molecular flexibility index (Phi) is 23.1. The summed E-state index contributed by atoms with van der Waals surface area (Å²) in [6.07, 6.45) is 9.01. The maximum absolute atomic E-state index is 13.0. The number of hydrogen-bond donors (Lipinski definition) is 5. The van der Waals surface area contributed by atoms with E-state index in [0.29, 0.717) is 145 Å². The van der Waals surface area contributed by atoms with E-state index in [2.05, 4.69) is 30.6 Å². The van der Waals surface area contributed by atoms with Crippen LogP contribution in [0.2, 0.25) is 0 Å². The van der Waals surface area contributed by atoms with Gasteiger partial charge in [0.15, 0.2) is 0 Å². The summed E-state index contributed by atoms with van der Waals surface area (Å²) >= 11 is 9.07. The van der Waals surface area contributed by atoms with E-state index in [1.54, 1.807) is 75.5 Å². The van der Waals surface area contributed by atoms with Gasteiger partial charge in [-0.3, -0.25) is 15.0 Å². The first-order chi connectivity index (χ1) is 43.9. The predicted molar refractivity (Wildman–Crippen MR) is 365 cm³/mol. The van der Waals surface area contributed by atoms with E-state index in [1.807, 2.05) is 121 Å². The largest absolute Gasteiger partial charge is 0.507 e. The molecule has 8 bridgehead atoms. The van der Waals surface area contributed by atoms with Crippen LogP contribution in [0.3, 0.4) is 0 Å². The number of anilines is 1. The highest BCUT2D eigenvalue weighted by Gasteiger charge is 2.24. The molecule has 8 aromatic carbocycles. The molecule has 0 radical (unpaired) electrons. The number of nitrogens with zero attached hydrogens (tertiary/aromatic N) is 3. The zero-order valence-electron chi connectivity index (χ0n) is 52.2. The molecule has 0 amide bonds. The Bertz CT molecular complexity index is 3710. The van der Waals surface area contributed by atoms with Crippen molar-refractivity contribution in [3.05, 3.63) is 188 Å². The van der Waals surface area contributed by atoms with E-state index in [0.717, 1.165) is 59.2 Å². The molecular weight excluding hydrogens is 1180 g/mol. The Hall–Kier alpha value is -9.13. The number of nitrogens with one attached hydrogen (secondary N) is 1. The fourth-order valence-electron chi connectivity index (χ4n) is 10.8. The molecule has 18 heteroatoms. The average Bonchev–Trinajstić information content (AvgIpc) is 1.74. The van der Waals surface area contributed by atoms with Crippen molar-refractivity contribution in [1.82, 2.24) is 0 Å². The Morgan fingerprint density at radius 1 is 0.389 bits per heavy atom. The van der Waals surface area contributed by atoms with Gasteiger partial charge in [0, 0.05) is 123 Å². The molecular formula is C72H78N4O12S2. The summed E-state index contributed by atoms with van der Waals surface area (Å²) in [7, 11) is 12.9. The number of benzene rings is 8. The molecule has 0 spiro atoms. The summed E-state index contributed by atoms with van der Waals surface area (Å²) in [4.78, 5) is 15.3. The van der Waals surface area contributed by atoms with Gasteiger partial charge in [-0.05, 0) is 159 Å². The van der Waals surface area contributed by atoms with Gasteiger partial charge in [0.2, 0.25) is 0 Å². The van der Waals surface area contributed by atoms with Crippen LogP contribution in [0.5, 0.6) is 69.0 Å². The first-order valence-electron chi connectivity index (χ1n) is 29.6. The normalized spacial score (nSPS) is 12.1. The third-order valence-corrected chi connectivity index (χ3v) is 16.1. The van der Waals surface area contributed by atoms with E-state index in [1.165, 1.54) is 0 Å². The summed E-state index contributed by atoms with van der Waals surface area (Å²) in [5, 5.41) is 29.7. The molecule has 0 fully saturated rings. The lowest BCUT2D eigenvalue weighted by Gasteiger charge is -2.22. The molecule has 3 N–H and O–H groups in total. The molecule has 1 aliphatic rings. The minimum Gasteiger partial charge on any atom is -0.507 e. The lowest BCUT2D eigenvalue weighted by Crippen LogP contribution is -2.09. The third kappa shape index (κ3) is 16.4. The van der Waals surface area contributed by atoms with Crippen LogP contribution in [0.4, 0.5) is 22.7 Å². The van der Waals surface area contributed by atoms with Crippen LogP contribution < -0.4 is 52.7 Å². The number of hydrogen-bond acceptors (Lipinski definition) is 18. The fourth-order valence-corrected chi connectivity index (χ4v) is 11.2. The number of phenols is 2. The van der Waals surface area contributed by atoms with Crippen molar-refractivity contribution in [2.24, 2.45) is 15.0 Å². The molecule has 0 saturated heterocycles.